The van der Waals surface area contributed by atoms with Crippen molar-refractivity contribution in [2.75, 3.05) is 0 Å². The molecule has 0 fully saturated rings. The SMILES string of the molecule is CC(C)(C)c1nc(Cc2ccncc2)nc(Cc2cccnc2)n1. The van der Waals surface area contributed by atoms with Crippen molar-refractivity contribution >= 4 is 0 Å². The maximum Gasteiger partial charge on any atom is 0.137 e. The van der Waals surface area contributed by atoms with Crippen LogP contribution >= 0.6 is 0 Å². The van der Waals surface area contributed by atoms with Gasteiger partial charge in [-0.05, 0) is 29.3 Å². The minimum atomic E-state index is -0.125. The molecule has 3 aromatic heterocycles. The zero-order valence-corrected chi connectivity index (χ0v) is 14.3. The molecule has 24 heavy (non-hydrogen) atoms. The monoisotopic (exact) mass is 319 g/mol. The average molecular weight is 319 g/mol. The summed E-state index contributed by atoms with van der Waals surface area (Å²) in [7, 11) is 0. The fraction of sp³-hybridized carbons (Fsp3) is 0.316. The second kappa shape index (κ2) is 6.83. The van der Waals surface area contributed by atoms with Crippen LogP contribution in [0.2, 0.25) is 0 Å². The molecule has 3 heterocycles. The molecule has 0 N–H and O–H groups in total. The summed E-state index contributed by atoms with van der Waals surface area (Å²) in [6.45, 7) is 6.35. The molecule has 0 unspecified atom stereocenters. The van der Waals surface area contributed by atoms with Crippen molar-refractivity contribution in [3.8, 4) is 0 Å². The molecule has 3 rings (SSSR count). The van der Waals surface area contributed by atoms with E-state index in [0.717, 1.165) is 28.6 Å². The van der Waals surface area contributed by atoms with Gasteiger partial charge in [0.05, 0.1) is 0 Å². The van der Waals surface area contributed by atoms with Crippen LogP contribution in [0.15, 0.2) is 49.1 Å². The molecule has 0 saturated carbocycles. The van der Waals surface area contributed by atoms with Crippen LogP contribution < -0.4 is 0 Å². The Morgan fingerprint density at radius 1 is 0.750 bits per heavy atom. The van der Waals surface area contributed by atoms with E-state index >= 15 is 0 Å². The van der Waals surface area contributed by atoms with Gasteiger partial charge >= 0.3 is 0 Å². The average Bonchev–Trinajstić information content (AvgIpc) is 2.56. The van der Waals surface area contributed by atoms with Gasteiger partial charge in [-0.2, -0.15) is 0 Å². The summed E-state index contributed by atoms with van der Waals surface area (Å²) in [6.07, 6.45) is 8.53. The van der Waals surface area contributed by atoms with E-state index in [4.69, 9.17) is 0 Å². The Morgan fingerprint density at radius 3 is 2.00 bits per heavy atom. The smallest absolute Gasteiger partial charge is 0.137 e. The first-order chi connectivity index (χ1) is 11.5. The first kappa shape index (κ1) is 16.2. The first-order valence-electron chi connectivity index (χ1n) is 8.03. The third kappa shape index (κ3) is 4.19. The van der Waals surface area contributed by atoms with Gasteiger partial charge in [0, 0.05) is 43.0 Å². The van der Waals surface area contributed by atoms with Crippen molar-refractivity contribution in [1.29, 1.82) is 0 Å². The van der Waals surface area contributed by atoms with Gasteiger partial charge in [-0.1, -0.05) is 26.8 Å². The fourth-order valence-corrected chi connectivity index (χ4v) is 2.33. The second-order valence-corrected chi connectivity index (χ2v) is 6.81. The van der Waals surface area contributed by atoms with E-state index in [0.29, 0.717) is 12.8 Å². The highest BCUT2D eigenvalue weighted by Gasteiger charge is 2.20. The standard InChI is InChI=1S/C19H21N5/c1-19(2,3)18-23-16(11-14-6-9-20-10-7-14)22-17(24-18)12-15-5-4-8-21-13-15/h4-10,13H,11-12H2,1-3H3. The van der Waals surface area contributed by atoms with Gasteiger partial charge in [0.2, 0.25) is 0 Å². The van der Waals surface area contributed by atoms with Crippen molar-refractivity contribution in [2.45, 2.75) is 39.0 Å². The van der Waals surface area contributed by atoms with Crippen LogP contribution in [0.1, 0.15) is 49.4 Å². The molecule has 0 atom stereocenters. The Bertz CT molecular complexity index is 735. The number of hydrogen-bond donors (Lipinski definition) is 0. The summed E-state index contributed by atoms with van der Waals surface area (Å²) in [5.74, 6) is 2.40. The van der Waals surface area contributed by atoms with Gasteiger partial charge in [-0.15, -0.1) is 0 Å². The summed E-state index contributed by atoms with van der Waals surface area (Å²) in [5.41, 5.74) is 2.11. The maximum atomic E-state index is 4.68. The maximum absolute atomic E-state index is 4.68. The van der Waals surface area contributed by atoms with Crippen molar-refractivity contribution in [3.63, 3.8) is 0 Å². The zero-order chi connectivity index (χ0) is 17.0. The molecule has 0 aliphatic carbocycles. The number of nitrogens with zero attached hydrogens (tertiary/aromatic N) is 5. The molecule has 0 bridgehead atoms. The van der Waals surface area contributed by atoms with Crippen molar-refractivity contribution in [3.05, 3.63) is 77.7 Å². The predicted molar refractivity (Wildman–Crippen MR) is 92.6 cm³/mol. The quantitative estimate of drug-likeness (QED) is 0.739. The lowest BCUT2D eigenvalue weighted by atomic mass is 9.95. The van der Waals surface area contributed by atoms with Gasteiger partial charge in [0.1, 0.15) is 17.5 Å². The molecule has 0 spiro atoms. The molecule has 5 heteroatoms. The van der Waals surface area contributed by atoms with Crippen LogP contribution in [0, 0.1) is 0 Å². The minimum Gasteiger partial charge on any atom is -0.265 e. The van der Waals surface area contributed by atoms with Gasteiger partial charge < -0.3 is 0 Å². The van der Waals surface area contributed by atoms with Crippen molar-refractivity contribution < 1.29 is 0 Å². The van der Waals surface area contributed by atoms with Gasteiger partial charge in [0.15, 0.2) is 0 Å². The third-order valence-electron chi connectivity index (χ3n) is 3.60. The summed E-state index contributed by atoms with van der Waals surface area (Å²) in [4.78, 5) is 22.3. The van der Waals surface area contributed by atoms with E-state index in [1.807, 2.05) is 30.5 Å². The van der Waals surface area contributed by atoms with Gasteiger partial charge in [0.25, 0.3) is 0 Å². The van der Waals surface area contributed by atoms with Crippen LogP contribution in [0.25, 0.3) is 0 Å². The normalized spacial score (nSPS) is 11.5. The minimum absolute atomic E-state index is 0.125. The molecule has 0 aliphatic heterocycles. The Labute approximate surface area is 142 Å². The predicted octanol–water partition coefficient (Wildman–Crippen LogP) is 3.14. The lowest BCUT2D eigenvalue weighted by molar-refractivity contribution is 0.531. The van der Waals surface area contributed by atoms with E-state index in [1.165, 1.54) is 0 Å². The molecule has 3 aromatic rings. The summed E-state index contributed by atoms with van der Waals surface area (Å²) >= 11 is 0. The highest BCUT2D eigenvalue weighted by molar-refractivity contribution is 5.19. The lowest BCUT2D eigenvalue weighted by Crippen LogP contribution is -2.20. The molecule has 0 saturated heterocycles. The zero-order valence-electron chi connectivity index (χ0n) is 14.3. The Hall–Kier alpha value is -2.69. The molecule has 0 amide bonds. The summed E-state index contributed by atoms with van der Waals surface area (Å²) in [6, 6.07) is 7.94. The molecular weight excluding hydrogens is 298 g/mol. The van der Waals surface area contributed by atoms with E-state index in [1.54, 1.807) is 18.6 Å². The van der Waals surface area contributed by atoms with E-state index in [2.05, 4.69) is 45.7 Å². The first-order valence-corrected chi connectivity index (χ1v) is 8.03. The summed E-state index contributed by atoms with van der Waals surface area (Å²) < 4.78 is 0. The fourth-order valence-electron chi connectivity index (χ4n) is 2.33. The molecule has 5 nitrogen and oxygen atoms in total. The van der Waals surface area contributed by atoms with Crippen LogP contribution in [-0.2, 0) is 18.3 Å². The highest BCUT2D eigenvalue weighted by atomic mass is 15.0. The number of aromatic nitrogens is 5. The van der Waals surface area contributed by atoms with Crippen LogP contribution in [-0.4, -0.2) is 24.9 Å². The largest absolute Gasteiger partial charge is 0.265 e. The third-order valence-corrected chi connectivity index (χ3v) is 3.60. The molecule has 0 aromatic carbocycles. The van der Waals surface area contributed by atoms with E-state index in [-0.39, 0.29) is 5.41 Å². The number of rotatable bonds is 4. The Balaban J connectivity index is 1.94. The molecular formula is C19H21N5. The Morgan fingerprint density at radius 2 is 1.42 bits per heavy atom. The summed E-state index contributed by atoms with van der Waals surface area (Å²) in [5, 5.41) is 0. The van der Waals surface area contributed by atoms with Crippen molar-refractivity contribution in [2.24, 2.45) is 0 Å². The number of pyridine rings is 2. The lowest BCUT2D eigenvalue weighted by Gasteiger charge is -2.18. The second-order valence-electron chi connectivity index (χ2n) is 6.81. The van der Waals surface area contributed by atoms with Crippen LogP contribution in [0.5, 0.6) is 0 Å². The van der Waals surface area contributed by atoms with Crippen LogP contribution in [0.4, 0.5) is 0 Å². The van der Waals surface area contributed by atoms with Crippen molar-refractivity contribution in [1.82, 2.24) is 24.9 Å². The Kier molecular flexibility index (Phi) is 4.60. The molecule has 122 valence electrons. The number of hydrogen-bond acceptors (Lipinski definition) is 5. The molecule has 0 aliphatic rings. The highest BCUT2D eigenvalue weighted by Crippen LogP contribution is 2.19. The molecule has 0 radical (unpaired) electrons. The van der Waals surface area contributed by atoms with Crippen LogP contribution in [0.3, 0.4) is 0 Å². The van der Waals surface area contributed by atoms with Gasteiger partial charge in [-0.3, -0.25) is 9.97 Å². The van der Waals surface area contributed by atoms with Gasteiger partial charge in [-0.25, -0.2) is 15.0 Å². The topological polar surface area (TPSA) is 64.5 Å². The van der Waals surface area contributed by atoms with E-state index in [9.17, 15) is 0 Å². The van der Waals surface area contributed by atoms with E-state index < -0.39 is 0 Å².